The number of hydrogen-bond acceptors (Lipinski definition) is 5. The van der Waals surface area contributed by atoms with Gasteiger partial charge in [0.25, 0.3) is 0 Å². The third kappa shape index (κ3) is 6.94. The summed E-state index contributed by atoms with van der Waals surface area (Å²) >= 11 is 6.10. The van der Waals surface area contributed by atoms with Crippen molar-refractivity contribution in [2.24, 2.45) is 5.92 Å². The molecule has 9 nitrogen and oxygen atoms in total. The smallest absolute Gasteiger partial charge is 0.326 e. The van der Waals surface area contributed by atoms with Crippen molar-refractivity contribution in [1.82, 2.24) is 14.5 Å². The molecule has 0 aromatic heterocycles. The zero-order chi connectivity index (χ0) is 27.3. The van der Waals surface area contributed by atoms with E-state index in [4.69, 9.17) is 11.6 Å². The molecule has 3 rings (SSSR count). The molecule has 2 N–H and O–H groups in total. The van der Waals surface area contributed by atoms with E-state index in [2.05, 4.69) is 16.8 Å². The predicted molar refractivity (Wildman–Crippen MR) is 146 cm³/mol. The Labute approximate surface area is 224 Å². The lowest BCUT2D eigenvalue weighted by Gasteiger charge is -2.35. The van der Waals surface area contributed by atoms with Crippen LogP contribution in [0.15, 0.2) is 59.2 Å². The second-order valence-electron chi connectivity index (χ2n) is 9.55. The van der Waals surface area contributed by atoms with Gasteiger partial charge in [-0.2, -0.15) is 4.31 Å². The maximum absolute atomic E-state index is 13.4. The Morgan fingerprint density at radius 3 is 2.43 bits per heavy atom. The third-order valence-corrected chi connectivity index (χ3v) is 8.73. The first-order valence-corrected chi connectivity index (χ1v) is 14.1. The molecule has 202 valence electrons. The number of allylic oxidation sites excluding steroid dienone is 3. The molecular formula is C26H35ClN4O5S. The van der Waals surface area contributed by atoms with Gasteiger partial charge in [-0.3, -0.25) is 4.90 Å². The number of hydrogen-bond donors (Lipinski definition) is 2. The molecule has 0 radical (unpaired) electrons. The minimum absolute atomic E-state index is 0.0912. The number of carbonyl (C=O) groups is 2. The quantitative estimate of drug-likeness (QED) is 0.505. The molecule has 0 spiro atoms. The van der Waals surface area contributed by atoms with Gasteiger partial charge in [0.2, 0.25) is 10.0 Å². The second kappa shape index (κ2) is 12.1. The van der Waals surface area contributed by atoms with Gasteiger partial charge in [-0.25, -0.2) is 18.0 Å². The number of anilines is 1. The van der Waals surface area contributed by atoms with Crippen LogP contribution in [0.3, 0.4) is 0 Å². The molecule has 11 heteroatoms. The first-order chi connectivity index (χ1) is 17.4. The summed E-state index contributed by atoms with van der Waals surface area (Å²) in [4.78, 5) is 27.9. The van der Waals surface area contributed by atoms with Crippen molar-refractivity contribution < 1.29 is 23.1 Å². The van der Waals surface area contributed by atoms with Crippen molar-refractivity contribution in [2.75, 3.05) is 37.6 Å². The van der Waals surface area contributed by atoms with Crippen molar-refractivity contribution in [3.63, 3.8) is 0 Å². The van der Waals surface area contributed by atoms with Gasteiger partial charge in [0.05, 0.1) is 4.91 Å². The summed E-state index contributed by atoms with van der Waals surface area (Å²) in [6, 6.07) is 5.92. The fraction of sp³-hybridized carbons (Fsp3) is 0.462. The minimum atomic E-state index is -3.75. The number of aliphatic carboxylic acids is 1. The highest BCUT2D eigenvalue weighted by molar-refractivity contribution is 7.93. The largest absolute Gasteiger partial charge is 0.480 e. The number of halogens is 1. The number of carbonyl (C=O) groups excluding carboxylic acids is 1. The van der Waals surface area contributed by atoms with Crippen molar-refractivity contribution >= 4 is 39.3 Å². The van der Waals surface area contributed by atoms with Crippen LogP contribution in [-0.2, 0) is 14.8 Å². The van der Waals surface area contributed by atoms with Crippen LogP contribution in [0.1, 0.15) is 33.6 Å². The third-order valence-electron chi connectivity index (χ3n) is 6.50. The number of carboxylic acids is 1. The number of sulfonamides is 1. The molecule has 1 atom stereocenters. The average molecular weight is 551 g/mol. The topological polar surface area (TPSA) is 110 Å². The van der Waals surface area contributed by atoms with Crippen LogP contribution >= 0.6 is 11.6 Å². The van der Waals surface area contributed by atoms with Crippen molar-refractivity contribution in [3.05, 3.63) is 64.2 Å². The summed E-state index contributed by atoms with van der Waals surface area (Å²) in [5.74, 6) is -1.01. The highest BCUT2D eigenvalue weighted by Crippen LogP contribution is 2.30. The molecule has 2 aliphatic rings. The Morgan fingerprint density at radius 1 is 1.19 bits per heavy atom. The van der Waals surface area contributed by atoms with Gasteiger partial charge in [-0.15, -0.1) is 0 Å². The number of carboxylic acid groups (broad SMARTS) is 1. The summed E-state index contributed by atoms with van der Waals surface area (Å²) in [5.41, 5.74) is 1.95. The number of rotatable bonds is 8. The lowest BCUT2D eigenvalue weighted by molar-refractivity contribution is -0.139. The van der Waals surface area contributed by atoms with E-state index in [9.17, 15) is 23.1 Å². The molecule has 1 unspecified atom stereocenters. The minimum Gasteiger partial charge on any atom is -0.480 e. The zero-order valence-corrected chi connectivity index (χ0v) is 23.1. The van der Waals surface area contributed by atoms with E-state index in [0.29, 0.717) is 61.9 Å². The molecule has 2 heterocycles. The summed E-state index contributed by atoms with van der Waals surface area (Å²) in [6.07, 6.45) is 3.83. The molecule has 1 aromatic rings. The van der Waals surface area contributed by atoms with Crippen LogP contribution in [0.5, 0.6) is 0 Å². The zero-order valence-electron chi connectivity index (χ0n) is 21.5. The van der Waals surface area contributed by atoms with Crippen molar-refractivity contribution in [3.8, 4) is 0 Å². The van der Waals surface area contributed by atoms with Crippen LogP contribution in [0.2, 0.25) is 5.02 Å². The van der Waals surface area contributed by atoms with E-state index in [-0.39, 0.29) is 10.8 Å². The lowest BCUT2D eigenvalue weighted by Crippen LogP contribution is -2.48. The Kier molecular flexibility index (Phi) is 9.44. The summed E-state index contributed by atoms with van der Waals surface area (Å²) < 4.78 is 28.3. The summed E-state index contributed by atoms with van der Waals surface area (Å²) in [5, 5.41) is 12.6. The van der Waals surface area contributed by atoms with Crippen molar-refractivity contribution in [2.45, 2.75) is 39.7 Å². The number of piperazine rings is 1. The molecule has 1 aromatic carbocycles. The van der Waals surface area contributed by atoms with E-state index in [1.807, 2.05) is 32.0 Å². The Morgan fingerprint density at radius 2 is 1.86 bits per heavy atom. The van der Waals surface area contributed by atoms with E-state index < -0.39 is 28.1 Å². The SMILES string of the molecule is C=C1C(=CC(=CC)S(=O)(=O)N2CCN(c3cccc(Cl)c3)CC2)CCN1C(=O)NC(CC(C)C)C(=O)O. The molecule has 0 bridgehead atoms. The monoisotopic (exact) mass is 550 g/mol. The highest BCUT2D eigenvalue weighted by atomic mass is 35.5. The maximum Gasteiger partial charge on any atom is 0.326 e. The molecule has 2 aliphatic heterocycles. The van der Waals surface area contributed by atoms with Crippen molar-refractivity contribution in [1.29, 1.82) is 0 Å². The maximum atomic E-state index is 13.4. The van der Waals surface area contributed by atoms with Gasteiger partial charge >= 0.3 is 12.0 Å². The first-order valence-electron chi connectivity index (χ1n) is 12.3. The van der Waals surface area contributed by atoms with Crippen LogP contribution in [0.4, 0.5) is 10.5 Å². The number of nitrogens with one attached hydrogen (secondary N) is 1. The van der Waals surface area contributed by atoms with Gasteiger partial charge in [-0.05, 0) is 55.5 Å². The number of urea groups is 1. The van der Waals surface area contributed by atoms with Crippen LogP contribution in [0, 0.1) is 5.92 Å². The number of nitrogens with zero attached hydrogens (tertiary/aromatic N) is 3. The molecule has 2 fully saturated rings. The Balaban J connectivity index is 1.67. The molecule has 0 saturated carbocycles. The van der Waals surface area contributed by atoms with E-state index in [1.165, 1.54) is 9.21 Å². The van der Waals surface area contributed by atoms with Gasteiger partial charge in [0.15, 0.2) is 0 Å². The molecule has 0 aliphatic carbocycles. The number of amides is 2. The van der Waals surface area contributed by atoms with Crippen LogP contribution in [0.25, 0.3) is 0 Å². The molecule has 37 heavy (non-hydrogen) atoms. The average Bonchev–Trinajstić information content (AvgIpc) is 3.21. The fourth-order valence-corrected chi connectivity index (χ4v) is 6.19. The molecular weight excluding hydrogens is 516 g/mol. The predicted octanol–water partition coefficient (Wildman–Crippen LogP) is 4.05. The highest BCUT2D eigenvalue weighted by Gasteiger charge is 2.33. The van der Waals surface area contributed by atoms with E-state index in [0.717, 1.165) is 5.69 Å². The lowest BCUT2D eigenvalue weighted by atomic mass is 10.0. The van der Waals surface area contributed by atoms with E-state index >= 15 is 0 Å². The van der Waals surface area contributed by atoms with Gasteiger partial charge in [0, 0.05) is 49.1 Å². The number of benzene rings is 1. The van der Waals surface area contributed by atoms with Crippen LogP contribution < -0.4 is 10.2 Å². The summed E-state index contributed by atoms with van der Waals surface area (Å²) in [6.45, 7) is 11.4. The molecule has 2 saturated heterocycles. The standard InChI is InChI=1S/C26H35ClN4O5S/c1-5-23(37(35,36)30-13-11-29(12-14-30)22-8-6-7-21(27)17-22)16-20-9-10-31(19(20)4)26(34)28-24(25(32)33)15-18(2)3/h5-8,16-18,24H,4,9-15H2,1-3H3,(H,28,34)(H,32,33). The Bertz CT molecular complexity index is 1200. The van der Waals surface area contributed by atoms with Gasteiger partial charge in [-0.1, -0.05) is 44.2 Å². The molecule has 2 amide bonds. The second-order valence-corrected chi connectivity index (χ2v) is 11.9. The summed E-state index contributed by atoms with van der Waals surface area (Å²) in [7, 11) is -3.75. The Hall–Kier alpha value is -2.82. The van der Waals surface area contributed by atoms with Crippen LogP contribution in [-0.4, -0.2) is 73.5 Å². The first kappa shape index (κ1) is 28.7. The van der Waals surface area contributed by atoms with Gasteiger partial charge < -0.3 is 15.3 Å². The van der Waals surface area contributed by atoms with E-state index in [1.54, 1.807) is 25.1 Å². The number of likely N-dealkylation sites (tertiary alicyclic amines) is 1. The normalized spacial score (nSPS) is 19.5. The van der Waals surface area contributed by atoms with Gasteiger partial charge in [0.1, 0.15) is 6.04 Å². The fourth-order valence-electron chi connectivity index (χ4n) is 4.47.